The third-order valence-corrected chi connectivity index (χ3v) is 9.43. The number of thioether (sulfide) groups is 1. The molecule has 3 N–H and O–H groups in total. The fraction of sp³-hybridized carbons (Fsp3) is 0.560. The number of aromatic nitrogens is 2. The number of hydrogen-bond donors (Lipinski definition) is 3. The Morgan fingerprint density at radius 1 is 1.24 bits per heavy atom. The second-order valence-corrected chi connectivity index (χ2v) is 12.4. The fourth-order valence-electron chi connectivity index (χ4n) is 4.46. The van der Waals surface area contributed by atoms with Crippen molar-refractivity contribution >= 4 is 50.9 Å². The summed E-state index contributed by atoms with van der Waals surface area (Å²) < 4.78 is 34.3. The largest absolute Gasteiger partial charge is 0.364 e. The number of imidazole rings is 1. The molecule has 1 saturated heterocycles. The van der Waals surface area contributed by atoms with Gasteiger partial charge in [0.15, 0.2) is 11.6 Å². The second-order valence-electron chi connectivity index (χ2n) is 10.5. The van der Waals surface area contributed by atoms with Crippen LogP contribution in [-0.2, 0) is 4.79 Å². The molecule has 0 atom stereocenters. The minimum absolute atomic E-state index is 0.00670. The smallest absolute Gasteiger partial charge is 0.225 e. The third-order valence-electron chi connectivity index (χ3n) is 7.40. The first-order valence-corrected chi connectivity index (χ1v) is 14.3. The predicted octanol–water partition coefficient (Wildman–Crippen LogP) is 4.22. The van der Waals surface area contributed by atoms with E-state index in [-0.39, 0.29) is 32.6 Å². The highest BCUT2D eigenvalue weighted by atomic mass is 32.2. The number of anilines is 1. The summed E-state index contributed by atoms with van der Waals surface area (Å²) in [6.07, 6.45) is 5.64. The lowest BCUT2D eigenvalue weighted by Gasteiger charge is -2.37. The maximum atomic E-state index is 16.1. The van der Waals surface area contributed by atoms with Crippen molar-refractivity contribution in [2.45, 2.75) is 50.0 Å². The third kappa shape index (κ3) is 4.89. The number of nitrogens with one attached hydrogen (secondary N) is 3. The van der Waals surface area contributed by atoms with Crippen molar-refractivity contribution in [1.82, 2.24) is 19.0 Å². The molecule has 2 saturated carbocycles. The van der Waals surface area contributed by atoms with Gasteiger partial charge in [-0.1, -0.05) is 25.6 Å². The van der Waals surface area contributed by atoms with E-state index in [4.69, 9.17) is 10.8 Å². The van der Waals surface area contributed by atoms with Crippen LogP contribution in [0.15, 0.2) is 17.3 Å². The molecule has 2 aliphatic carbocycles. The monoisotopic (exact) mass is 560 g/mol. The number of fused-ring (bicyclic) bond motifs is 1. The van der Waals surface area contributed by atoms with Crippen LogP contribution in [0.2, 0.25) is 0 Å². The number of hydrogen-bond acceptors (Lipinski definition) is 9. The van der Waals surface area contributed by atoms with E-state index >= 15 is 4.39 Å². The van der Waals surface area contributed by atoms with Gasteiger partial charge in [-0.2, -0.15) is 5.26 Å². The first-order valence-electron chi connectivity index (χ1n) is 12.6. The van der Waals surface area contributed by atoms with Gasteiger partial charge >= 0.3 is 0 Å². The lowest BCUT2D eigenvalue weighted by molar-refractivity contribution is -0.134. The number of nitrogens with zero attached hydrogens (tertiary/aromatic N) is 5. The summed E-state index contributed by atoms with van der Waals surface area (Å²) in [5.74, 6) is -0.272. The Balaban J connectivity index is 1.47. The zero-order valence-corrected chi connectivity index (χ0v) is 22.9. The number of amides is 1. The zero-order valence-electron chi connectivity index (χ0n) is 21.3. The van der Waals surface area contributed by atoms with Gasteiger partial charge < -0.3 is 9.80 Å². The Labute approximate surface area is 228 Å². The molecule has 3 heterocycles. The van der Waals surface area contributed by atoms with Crippen LogP contribution in [0.4, 0.5) is 14.5 Å². The highest BCUT2D eigenvalue weighted by molar-refractivity contribution is 8.26. The zero-order chi connectivity index (χ0) is 27.2. The molecule has 13 heteroatoms. The fourth-order valence-corrected chi connectivity index (χ4v) is 6.28. The lowest BCUT2D eigenvalue weighted by atomic mass is 10.1. The summed E-state index contributed by atoms with van der Waals surface area (Å²) in [7, 11) is 0. The van der Waals surface area contributed by atoms with Gasteiger partial charge in [0, 0.05) is 38.3 Å². The van der Waals surface area contributed by atoms with Crippen LogP contribution in [-0.4, -0.2) is 68.7 Å². The first-order chi connectivity index (χ1) is 18.1. The molecule has 38 heavy (non-hydrogen) atoms. The van der Waals surface area contributed by atoms with Gasteiger partial charge in [-0.15, -0.1) is 0 Å². The minimum Gasteiger partial charge on any atom is -0.364 e. The van der Waals surface area contributed by atoms with Crippen LogP contribution in [0.1, 0.15) is 45.4 Å². The van der Waals surface area contributed by atoms with Crippen LogP contribution in [0.3, 0.4) is 0 Å². The predicted molar refractivity (Wildman–Crippen MR) is 145 cm³/mol. The molecule has 1 aliphatic heterocycles. The number of alkyl halides is 1. The van der Waals surface area contributed by atoms with Gasteiger partial charge in [-0.05, 0) is 37.6 Å². The maximum absolute atomic E-state index is 16.1. The van der Waals surface area contributed by atoms with Crippen LogP contribution in [0.5, 0.6) is 0 Å². The molecule has 0 unspecified atom stereocenters. The van der Waals surface area contributed by atoms with E-state index in [0.29, 0.717) is 63.1 Å². The van der Waals surface area contributed by atoms with Crippen LogP contribution in [0, 0.1) is 39.3 Å². The molecule has 2 aromatic rings. The summed E-state index contributed by atoms with van der Waals surface area (Å²) in [6, 6.07) is 2.17. The number of carbonyl (C=O) groups is 1. The summed E-state index contributed by atoms with van der Waals surface area (Å²) in [5, 5.41) is 26.5. The minimum atomic E-state index is -0.815. The Bertz CT molecular complexity index is 1340. The normalized spacial score (nSPS) is 19.5. The molecule has 0 radical (unpaired) electrons. The quantitative estimate of drug-likeness (QED) is 0.251. The van der Waals surface area contributed by atoms with E-state index in [1.807, 2.05) is 18.7 Å². The number of halogens is 2. The average molecular weight is 561 g/mol. The summed E-state index contributed by atoms with van der Waals surface area (Å²) in [4.78, 5) is 20.8. The van der Waals surface area contributed by atoms with E-state index in [9.17, 15) is 14.4 Å². The number of rotatable bonds is 8. The van der Waals surface area contributed by atoms with Gasteiger partial charge in [-0.3, -0.25) is 24.7 Å². The standard InChI is InChI=1S/C25H30F2N8OS2/c1-15(2)22(36)34-9-7-33(8-10-34)19-16-11-31-21(20(29)37-23(30)24(14-28)3-4-24)35(16)12-17(18(19)27)38-32-25(13-26)5-6-25/h11-12,15,29-30,32H,3-10,13H2,1-2H3. The van der Waals surface area contributed by atoms with Crippen molar-refractivity contribution in [2.75, 3.05) is 37.8 Å². The molecule has 1 amide bonds. The topological polar surface area (TPSA) is 124 Å². The van der Waals surface area contributed by atoms with Crippen molar-refractivity contribution in [3.63, 3.8) is 0 Å². The maximum Gasteiger partial charge on any atom is 0.225 e. The lowest BCUT2D eigenvalue weighted by Crippen LogP contribution is -2.50. The average Bonchev–Trinajstić information content (AvgIpc) is 3.84. The molecule has 2 aromatic heterocycles. The van der Waals surface area contributed by atoms with E-state index in [2.05, 4.69) is 15.8 Å². The van der Waals surface area contributed by atoms with Gasteiger partial charge in [0.1, 0.15) is 22.8 Å². The van der Waals surface area contributed by atoms with Crippen molar-refractivity contribution in [1.29, 1.82) is 16.1 Å². The summed E-state index contributed by atoms with van der Waals surface area (Å²) >= 11 is 1.92. The van der Waals surface area contributed by atoms with E-state index in [0.717, 1.165) is 23.7 Å². The second kappa shape index (κ2) is 10.1. The SMILES string of the molecule is CC(C)C(=O)N1CCN(c2c(F)c(SNC3(CF)CC3)cn3c(C(=N)SC(=N)C4(C#N)CC4)ncc23)CC1. The van der Waals surface area contributed by atoms with Crippen LogP contribution in [0.25, 0.3) is 5.52 Å². The number of carbonyl (C=O) groups excluding carboxylic acids is 1. The summed E-state index contributed by atoms with van der Waals surface area (Å²) in [6.45, 7) is 4.97. The van der Waals surface area contributed by atoms with Gasteiger partial charge in [0.05, 0.1) is 33.3 Å². The van der Waals surface area contributed by atoms with E-state index in [1.54, 1.807) is 15.5 Å². The van der Waals surface area contributed by atoms with E-state index < -0.39 is 23.4 Å². The van der Waals surface area contributed by atoms with Crippen LogP contribution >= 0.6 is 23.7 Å². The Morgan fingerprint density at radius 2 is 1.92 bits per heavy atom. The first kappa shape index (κ1) is 26.9. The van der Waals surface area contributed by atoms with Crippen molar-refractivity contribution in [3.05, 3.63) is 24.0 Å². The highest BCUT2D eigenvalue weighted by Gasteiger charge is 2.48. The Morgan fingerprint density at radius 3 is 2.47 bits per heavy atom. The molecule has 3 fully saturated rings. The number of piperazine rings is 1. The molecule has 0 spiro atoms. The van der Waals surface area contributed by atoms with Gasteiger partial charge in [0.2, 0.25) is 5.91 Å². The van der Waals surface area contributed by atoms with Crippen molar-refractivity contribution in [3.8, 4) is 6.07 Å². The molecule has 9 nitrogen and oxygen atoms in total. The number of pyridine rings is 1. The molecule has 0 aromatic carbocycles. The van der Waals surface area contributed by atoms with Crippen LogP contribution < -0.4 is 9.62 Å². The van der Waals surface area contributed by atoms with Gasteiger partial charge in [-0.25, -0.2) is 13.8 Å². The molecule has 3 aliphatic rings. The molecule has 5 rings (SSSR count). The number of nitriles is 1. The highest BCUT2D eigenvalue weighted by Crippen LogP contribution is 2.49. The van der Waals surface area contributed by atoms with Crippen molar-refractivity contribution < 1.29 is 13.6 Å². The molecular weight excluding hydrogens is 530 g/mol. The van der Waals surface area contributed by atoms with E-state index in [1.165, 1.54) is 6.20 Å². The molecular formula is C25H30F2N8OS2. The van der Waals surface area contributed by atoms with Crippen molar-refractivity contribution in [2.24, 2.45) is 11.3 Å². The Hall–Kier alpha value is -2.69. The molecule has 0 bridgehead atoms. The Kier molecular flexibility index (Phi) is 7.17. The summed E-state index contributed by atoms with van der Waals surface area (Å²) in [5.41, 5.74) is -0.666. The molecule has 202 valence electrons. The van der Waals surface area contributed by atoms with Gasteiger partial charge in [0.25, 0.3) is 0 Å².